The fraction of sp³-hybridized carbons (Fsp3) is 0.900. The lowest BCUT2D eigenvalue weighted by molar-refractivity contribution is -0.144. The lowest BCUT2D eigenvalue weighted by Gasteiger charge is -2.36. The SMILES string of the molecule is CC[C@H](N)C(=O)N1C[C@@H](C)O[C@@H](C)C1.Cl. The number of carbonyl (C=O) groups excluding carboxylic acids is 1. The molecule has 2 N–H and O–H groups in total. The Morgan fingerprint density at radius 1 is 1.47 bits per heavy atom. The van der Waals surface area contributed by atoms with E-state index in [1.807, 2.05) is 25.7 Å². The lowest BCUT2D eigenvalue weighted by Crippen LogP contribution is -2.53. The minimum Gasteiger partial charge on any atom is -0.372 e. The number of ether oxygens (including phenoxy) is 1. The molecule has 1 saturated heterocycles. The first kappa shape index (κ1) is 14.7. The first-order valence-corrected chi connectivity index (χ1v) is 5.24. The largest absolute Gasteiger partial charge is 0.372 e. The van der Waals surface area contributed by atoms with Crippen molar-refractivity contribution in [1.82, 2.24) is 4.90 Å². The van der Waals surface area contributed by atoms with Crippen LogP contribution >= 0.6 is 12.4 Å². The first-order chi connectivity index (χ1) is 6.54. The van der Waals surface area contributed by atoms with Crippen molar-refractivity contribution in [3.63, 3.8) is 0 Å². The van der Waals surface area contributed by atoms with Crippen molar-refractivity contribution in [2.24, 2.45) is 5.73 Å². The molecule has 0 aromatic rings. The number of hydrogen-bond donors (Lipinski definition) is 1. The summed E-state index contributed by atoms with van der Waals surface area (Å²) >= 11 is 0. The zero-order valence-corrected chi connectivity index (χ0v) is 10.4. The highest BCUT2D eigenvalue weighted by Crippen LogP contribution is 2.11. The van der Waals surface area contributed by atoms with Gasteiger partial charge < -0.3 is 15.4 Å². The molecule has 0 unspecified atom stereocenters. The van der Waals surface area contributed by atoms with Gasteiger partial charge in [-0.25, -0.2) is 0 Å². The highest BCUT2D eigenvalue weighted by molar-refractivity contribution is 5.85. The van der Waals surface area contributed by atoms with Crippen molar-refractivity contribution < 1.29 is 9.53 Å². The van der Waals surface area contributed by atoms with Crippen molar-refractivity contribution >= 4 is 18.3 Å². The number of hydrogen-bond acceptors (Lipinski definition) is 3. The summed E-state index contributed by atoms with van der Waals surface area (Å²) in [6.45, 7) is 7.21. The minimum absolute atomic E-state index is 0. The van der Waals surface area contributed by atoms with Gasteiger partial charge in [-0.2, -0.15) is 0 Å². The molecule has 15 heavy (non-hydrogen) atoms. The average molecular weight is 237 g/mol. The Morgan fingerprint density at radius 2 is 1.93 bits per heavy atom. The Balaban J connectivity index is 0.00000196. The van der Waals surface area contributed by atoms with Gasteiger partial charge in [0.2, 0.25) is 5.91 Å². The maximum Gasteiger partial charge on any atom is 0.239 e. The van der Waals surface area contributed by atoms with Gasteiger partial charge in [0.25, 0.3) is 0 Å². The molecule has 3 atom stereocenters. The molecule has 4 nitrogen and oxygen atoms in total. The van der Waals surface area contributed by atoms with E-state index in [0.717, 1.165) is 0 Å². The summed E-state index contributed by atoms with van der Waals surface area (Å²) in [4.78, 5) is 13.6. The number of morpholine rings is 1. The Morgan fingerprint density at radius 3 is 2.33 bits per heavy atom. The molecule has 0 saturated carbocycles. The number of nitrogens with zero attached hydrogens (tertiary/aromatic N) is 1. The summed E-state index contributed by atoms with van der Waals surface area (Å²) in [7, 11) is 0. The van der Waals surface area contributed by atoms with Crippen LogP contribution in [-0.4, -0.2) is 42.1 Å². The van der Waals surface area contributed by atoms with Crippen LogP contribution in [-0.2, 0) is 9.53 Å². The highest BCUT2D eigenvalue weighted by Gasteiger charge is 2.27. The van der Waals surface area contributed by atoms with Crippen LogP contribution in [0.15, 0.2) is 0 Å². The van der Waals surface area contributed by atoms with E-state index in [9.17, 15) is 4.79 Å². The molecule has 0 bridgehead atoms. The smallest absolute Gasteiger partial charge is 0.239 e. The van der Waals surface area contributed by atoms with Crippen LogP contribution in [0.25, 0.3) is 0 Å². The molecule has 0 radical (unpaired) electrons. The van der Waals surface area contributed by atoms with Crippen LogP contribution in [0.2, 0.25) is 0 Å². The molecule has 1 fully saturated rings. The second-order valence-corrected chi connectivity index (χ2v) is 4.02. The van der Waals surface area contributed by atoms with Gasteiger partial charge in [0.05, 0.1) is 18.2 Å². The van der Waals surface area contributed by atoms with E-state index in [4.69, 9.17) is 10.5 Å². The molecule has 0 aromatic carbocycles. The van der Waals surface area contributed by atoms with Gasteiger partial charge in [-0.15, -0.1) is 12.4 Å². The molecule has 0 aromatic heterocycles. The summed E-state index contributed by atoms with van der Waals surface area (Å²) in [5.74, 6) is 0.0505. The summed E-state index contributed by atoms with van der Waals surface area (Å²) in [5.41, 5.74) is 5.71. The zero-order valence-electron chi connectivity index (χ0n) is 9.60. The van der Waals surface area contributed by atoms with Crippen LogP contribution < -0.4 is 5.73 Å². The van der Waals surface area contributed by atoms with Crippen molar-refractivity contribution in [2.75, 3.05) is 13.1 Å². The molecule has 1 amide bonds. The molecular formula is C10H21ClN2O2. The number of halogens is 1. The lowest BCUT2D eigenvalue weighted by atomic mass is 10.1. The molecular weight excluding hydrogens is 216 g/mol. The van der Waals surface area contributed by atoms with E-state index >= 15 is 0 Å². The van der Waals surface area contributed by atoms with Crippen molar-refractivity contribution in [2.45, 2.75) is 45.4 Å². The maximum absolute atomic E-state index is 11.8. The Kier molecular flexibility index (Phi) is 6.17. The molecule has 90 valence electrons. The number of carbonyl (C=O) groups is 1. The number of rotatable bonds is 2. The Labute approximate surface area is 97.5 Å². The van der Waals surface area contributed by atoms with E-state index < -0.39 is 0 Å². The van der Waals surface area contributed by atoms with Crippen molar-refractivity contribution in [1.29, 1.82) is 0 Å². The third-order valence-electron chi connectivity index (χ3n) is 2.49. The van der Waals surface area contributed by atoms with Crippen LogP contribution in [0.3, 0.4) is 0 Å². The molecule has 1 aliphatic rings. The van der Waals surface area contributed by atoms with Gasteiger partial charge in [-0.05, 0) is 20.3 Å². The van der Waals surface area contributed by atoms with Crippen LogP contribution in [0.4, 0.5) is 0 Å². The van der Waals surface area contributed by atoms with Crippen molar-refractivity contribution in [3.05, 3.63) is 0 Å². The third-order valence-corrected chi connectivity index (χ3v) is 2.49. The topological polar surface area (TPSA) is 55.6 Å². The molecule has 1 rings (SSSR count). The number of amides is 1. The summed E-state index contributed by atoms with van der Waals surface area (Å²) in [6, 6.07) is -0.354. The second kappa shape index (κ2) is 6.30. The van der Waals surface area contributed by atoms with Crippen LogP contribution in [0.5, 0.6) is 0 Å². The van der Waals surface area contributed by atoms with Gasteiger partial charge in [0.15, 0.2) is 0 Å². The summed E-state index contributed by atoms with van der Waals surface area (Å²) in [5, 5.41) is 0. The maximum atomic E-state index is 11.8. The van der Waals surface area contributed by atoms with E-state index in [1.54, 1.807) is 0 Å². The normalized spacial score (nSPS) is 28.1. The number of nitrogens with two attached hydrogens (primary N) is 1. The van der Waals surface area contributed by atoms with Gasteiger partial charge in [-0.1, -0.05) is 6.92 Å². The quantitative estimate of drug-likeness (QED) is 0.771. The second-order valence-electron chi connectivity index (χ2n) is 4.02. The Bertz CT molecular complexity index is 204. The highest BCUT2D eigenvalue weighted by atomic mass is 35.5. The fourth-order valence-electron chi connectivity index (χ4n) is 1.77. The standard InChI is InChI=1S/C10H20N2O2.ClH/c1-4-9(11)10(13)12-5-7(2)14-8(3)6-12;/h7-9H,4-6,11H2,1-3H3;1H/t7-,8+,9-;/m0./s1. The summed E-state index contributed by atoms with van der Waals surface area (Å²) in [6.07, 6.45) is 0.928. The Hall–Kier alpha value is -0.320. The minimum atomic E-state index is -0.354. The van der Waals surface area contributed by atoms with Crippen molar-refractivity contribution in [3.8, 4) is 0 Å². The zero-order chi connectivity index (χ0) is 10.7. The fourth-order valence-corrected chi connectivity index (χ4v) is 1.77. The molecule has 0 spiro atoms. The average Bonchev–Trinajstić information content (AvgIpc) is 2.14. The van der Waals surface area contributed by atoms with E-state index in [0.29, 0.717) is 19.5 Å². The summed E-state index contributed by atoms with van der Waals surface area (Å²) < 4.78 is 5.55. The van der Waals surface area contributed by atoms with E-state index in [1.165, 1.54) is 0 Å². The van der Waals surface area contributed by atoms with Gasteiger partial charge in [0.1, 0.15) is 0 Å². The monoisotopic (exact) mass is 236 g/mol. The van der Waals surface area contributed by atoms with Crippen LogP contribution in [0, 0.1) is 0 Å². The van der Waals surface area contributed by atoms with Crippen LogP contribution in [0.1, 0.15) is 27.2 Å². The third kappa shape index (κ3) is 3.97. The first-order valence-electron chi connectivity index (χ1n) is 5.24. The molecule has 0 aliphatic carbocycles. The molecule has 1 heterocycles. The van der Waals surface area contributed by atoms with Gasteiger partial charge in [-0.3, -0.25) is 4.79 Å². The van der Waals surface area contributed by atoms with Gasteiger partial charge in [0, 0.05) is 13.1 Å². The molecule has 5 heteroatoms. The van der Waals surface area contributed by atoms with E-state index in [-0.39, 0.29) is 36.6 Å². The molecule has 1 aliphatic heterocycles. The van der Waals surface area contributed by atoms with Gasteiger partial charge >= 0.3 is 0 Å². The van der Waals surface area contributed by atoms with E-state index in [2.05, 4.69) is 0 Å². The predicted octanol–water partition coefficient (Wildman–Crippen LogP) is 0.781. The predicted molar refractivity (Wildman–Crippen MR) is 62.1 cm³/mol.